The average Bonchev–Trinajstić information content (AvgIpc) is 3.10. The summed E-state index contributed by atoms with van der Waals surface area (Å²) < 4.78 is 5.26. The average molecular weight is 269 g/mol. The van der Waals surface area contributed by atoms with E-state index in [1.54, 1.807) is 12.5 Å². The first-order valence-electron chi connectivity index (χ1n) is 6.36. The number of benzene rings is 1. The van der Waals surface area contributed by atoms with Crippen LogP contribution in [-0.4, -0.2) is 20.1 Å². The van der Waals surface area contributed by atoms with Gasteiger partial charge < -0.3 is 15.2 Å². The fraction of sp³-hybridized carbons (Fsp3) is 0.214. The van der Waals surface area contributed by atoms with Crippen molar-refractivity contribution in [3.63, 3.8) is 0 Å². The van der Waals surface area contributed by atoms with Crippen molar-refractivity contribution in [1.82, 2.24) is 20.1 Å². The summed E-state index contributed by atoms with van der Waals surface area (Å²) in [6.45, 7) is 2.01. The Hall–Kier alpha value is -2.47. The summed E-state index contributed by atoms with van der Waals surface area (Å²) in [6.07, 6.45) is 3.93. The topological polar surface area (TPSA) is 93.6 Å². The highest BCUT2D eigenvalue weighted by atomic mass is 16.5. The number of hydrogen-bond acceptors (Lipinski definition) is 5. The van der Waals surface area contributed by atoms with E-state index < -0.39 is 0 Å². The largest absolute Gasteiger partial charge is 0.348 e. The fourth-order valence-electron chi connectivity index (χ4n) is 2.04. The van der Waals surface area contributed by atoms with Crippen LogP contribution in [0.25, 0.3) is 11.4 Å². The zero-order chi connectivity index (χ0) is 13.9. The van der Waals surface area contributed by atoms with Crippen molar-refractivity contribution in [2.45, 2.75) is 19.4 Å². The molecule has 0 saturated heterocycles. The first kappa shape index (κ1) is 12.6. The Morgan fingerprint density at radius 3 is 2.95 bits per heavy atom. The molecule has 0 fully saturated rings. The molecule has 0 spiro atoms. The molecule has 6 heteroatoms. The molecular weight excluding hydrogens is 254 g/mol. The number of aromatic amines is 1. The van der Waals surface area contributed by atoms with Crippen molar-refractivity contribution in [1.29, 1.82) is 0 Å². The fourth-order valence-corrected chi connectivity index (χ4v) is 2.04. The molecule has 0 unspecified atom stereocenters. The van der Waals surface area contributed by atoms with Crippen molar-refractivity contribution in [2.75, 3.05) is 0 Å². The molecule has 20 heavy (non-hydrogen) atoms. The molecule has 0 saturated carbocycles. The van der Waals surface area contributed by atoms with E-state index in [1.165, 1.54) is 0 Å². The molecule has 0 radical (unpaired) electrons. The number of rotatable bonds is 4. The third-order valence-electron chi connectivity index (χ3n) is 3.14. The molecule has 1 atom stereocenters. The van der Waals surface area contributed by atoms with Crippen LogP contribution < -0.4 is 5.73 Å². The lowest BCUT2D eigenvalue weighted by atomic mass is 10.1. The van der Waals surface area contributed by atoms with Gasteiger partial charge in [-0.1, -0.05) is 29.4 Å². The van der Waals surface area contributed by atoms with Gasteiger partial charge in [0, 0.05) is 23.9 Å². The van der Waals surface area contributed by atoms with E-state index >= 15 is 0 Å². The van der Waals surface area contributed by atoms with E-state index in [0.717, 1.165) is 16.8 Å². The quantitative estimate of drug-likeness (QED) is 0.755. The van der Waals surface area contributed by atoms with Gasteiger partial charge in [-0.2, -0.15) is 4.98 Å². The first-order valence-corrected chi connectivity index (χ1v) is 6.36. The summed E-state index contributed by atoms with van der Waals surface area (Å²) in [4.78, 5) is 11.3. The van der Waals surface area contributed by atoms with Crippen LogP contribution in [0.1, 0.15) is 23.2 Å². The molecule has 3 N–H and O–H groups in total. The summed E-state index contributed by atoms with van der Waals surface area (Å²) in [7, 11) is 0. The predicted octanol–water partition coefficient (Wildman–Crippen LogP) is 2.01. The molecule has 1 aromatic carbocycles. The second-order valence-electron chi connectivity index (χ2n) is 4.66. The zero-order valence-electron chi connectivity index (χ0n) is 11.1. The van der Waals surface area contributed by atoms with E-state index in [2.05, 4.69) is 20.1 Å². The van der Waals surface area contributed by atoms with Crippen LogP contribution in [0.4, 0.5) is 0 Å². The molecule has 0 aliphatic rings. The minimum Gasteiger partial charge on any atom is -0.348 e. The summed E-state index contributed by atoms with van der Waals surface area (Å²) in [5, 5.41) is 4.01. The molecule has 102 valence electrons. The van der Waals surface area contributed by atoms with E-state index in [9.17, 15) is 0 Å². The number of imidazole rings is 1. The van der Waals surface area contributed by atoms with Gasteiger partial charge >= 0.3 is 0 Å². The normalized spacial score (nSPS) is 12.5. The Morgan fingerprint density at radius 1 is 1.35 bits per heavy atom. The van der Waals surface area contributed by atoms with Gasteiger partial charge in [-0.05, 0) is 12.5 Å². The van der Waals surface area contributed by atoms with Crippen LogP contribution in [0.2, 0.25) is 0 Å². The van der Waals surface area contributed by atoms with Crippen molar-refractivity contribution in [3.8, 4) is 11.4 Å². The van der Waals surface area contributed by atoms with Crippen molar-refractivity contribution in [2.24, 2.45) is 5.73 Å². The molecule has 3 aromatic rings. The SMILES string of the molecule is Cc1ccccc1-c1noc([C@@H](N)Cc2cnc[nH]2)n1. The third-order valence-corrected chi connectivity index (χ3v) is 3.14. The maximum absolute atomic E-state index is 6.07. The molecule has 0 aliphatic carbocycles. The number of nitrogens with zero attached hydrogens (tertiary/aromatic N) is 3. The van der Waals surface area contributed by atoms with E-state index in [-0.39, 0.29) is 6.04 Å². The van der Waals surface area contributed by atoms with Gasteiger partial charge in [-0.3, -0.25) is 0 Å². The third kappa shape index (κ3) is 2.46. The first-order chi connectivity index (χ1) is 9.74. The van der Waals surface area contributed by atoms with Crippen LogP contribution in [0.5, 0.6) is 0 Å². The molecular formula is C14H15N5O. The van der Waals surface area contributed by atoms with Gasteiger partial charge in [0.25, 0.3) is 0 Å². The maximum atomic E-state index is 6.07. The summed E-state index contributed by atoms with van der Waals surface area (Å²) >= 11 is 0. The number of aryl methyl sites for hydroxylation is 1. The van der Waals surface area contributed by atoms with Crippen molar-refractivity contribution >= 4 is 0 Å². The Balaban J connectivity index is 1.81. The lowest BCUT2D eigenvalue weighted by molar-refractivity contribution is 0.354. The van der Waals surface area contributed by atoms with E-state index in [0.29, 0.717) is 18.1 Å². The summed E-state index contributed by atoms with van der Waals surface area (Å²) in [5.41, 5.74) is 9.06. The van der Waals surface area contributed by atoms with Gasteiger partial charge in [0.05, 0.1) is 12.4 Å². The molecule has 2 heterocycles. The summed E-state index contributed by atoms with van der Waals surface area (Å²) in [6, 6.07) is 7.55. The molecule has 6 nitrogen and oxygen atoms in total. The Morgan fingerprint density at radius 2 is 2.20 bits per heavy atom. The predicted molar refractivity (Wildman–Crippen MR) is 73.7 cm³/mol. The highest BCUT2D eigenvalue weighted by molar-refractivity contribution is 5.58. The monoisotopic (exact) mass is 269 g/mol. The molecule has 2 aromatic heterocycles. The van der Waals surface area contributed by atoms with E-state index in [1.807, 2.05) is 31.2 Å². The number of H-pyrrole nitrogens is 1. The van der Waals surface area contributed by atoms with Crippen LogP contribution in [0.3, 0.4) is 0 Å². The van der Waals surface area contributed by atoms with Crippen molar-refractivity contribution in [3.05, 3.63) is 53.9 Å². The number of nitrogens with two attached hydrogens (primary N) is 1. The number of aromatic nitrogens is 4. The van der Waals surface area contributed by atoms with Gasteiger partial charge in [-0.15, -0.1) is 0 Å². The van der Waals surface area contributed by atoms with Gasteiger partial charge in [-0.25, -0.2) is 4.98 Å². The maximum Gasteiger partial charge on any atom is 0.244 e. The van der Waals surface area contributed by atoms with Gasteiger partial charge in [0.15, 0.2) is 0 Å². The van der Waals surface area contributed by atoms with Gasteiger partial charge in [0.2, 0.25) is 11.7 Å². The highest BCUT2D eigenvalue weighted by Gasteiger charge is 2.17. The Kier molecular flexibility index (Phi) is 3.30. The molecule has 0 amide bonds. The zero-order valence-corrected chi connectivity index (χ0v) is 11.1. The minimum atomic E-state index is -0.347. The smallest absolute Gasteiger partial charge is 0.244 e. The van der Waals surface area contributed by atoms with Crippen LogP contribution in [0.15, 0.2) is 41.3 Å². The standard InChI is InChI=1S/C14H15N5O/c1-9-4-2-3-5-11(9)13-18-14(20-19-13)12(15)6-10-7-16-8-17-10/h2-5,7-8,12H,6,15H2,1H3,(H,16,17)/t12-/m0/s1. The second kappa shape index (κ2) is 5.26. The Labute approximate surface area is 116 Å². The van der Waals surface area contributed by atoms with Crippen LogP contribution in [0, 0.1) is 6.92 Å². The summed E-state index contributed by atoms with van der Waals surface area (Å²) in [5.74, 6) is 0.996. The molecule has 0 aliphatic heterocycles. The minimum absolute atomic E-state index is 0.347. The number of nitrogens with one attached hydrogen (secondary N) is 1. The van der Waals surface area contributed by atoms with Crippen molar-refractivity contribution < 1.29 is 4.52 Å². The highest BCUT2D eigenvalue weighted by Crippen LogP contribution is 2.22. The lowest BCUT2D eigenvalue weighted by Gasteiger charge is -2.03. The van der Waals surface area contributed by atoms with E-state index in [4.69, 9.17) is 10.3 Å². The Bertz CT molecular complexity index is 689. The number of hydrogen-bond donors (Lipinski definition) is 2. The lowest BCUT2D eigenvalue weighted by Crippen LogP contribution is -2.14. The second-order valence-corrected chi connectivity index (χ2v) is 4.66. The molecule has 0 bridgehead atoms. The molecule has 3 rings (SSSR count). The van der Waals surface area contributed by atoms with Crippen LogP contribution >= 0.6 is 0 Å². The van der Waals surface area contributed by atoms with Crippen LogP contribution in [-0.2, 0) is 6.42 Å². The van der Waals surface area contributed by atoms with Gasteiger partial charge in [0.1, 0.15) is 0 Å².